The van der Waals surface area contributed by atoms with Gasteiger partial charge in [0.2, 0.25) is 0 Å². The summed E-state index contributed by atoms with van der Waals surface area (Å²) >= 11 is 3.99. The zero-order valence-corrected chi connectivity index (χ0v) is 6.15. The lowest BCUT2D eigenvalue weighted by atomic mass is 11.6. The van der Waals surface area contributed by atoms with Gasteiger partial charge in [0.25, 0.3) is 0 Å². The van der Waals surface area contributed by atoms with Gasteiger partial charge < -0.3 is 0 Å². The Balaban J connectivity index is 2.32. The monoisotopic (exact) mass is 282 g/mol. The predicted molar refractivity (Wildman–Crippen MR) is 34.9 cm³/mol. The van der Waals surface area contributed by atoms with Gasteiger partial charge in [-0.2, -0.15) is 0 Å². The molecule has 0 aliphatic rings. The van der Waals surface area contributed by atoms with Crippen molar-refractivity contribution in [1.82, 2.24) is 5.73 Å². The van der Waals surface area contributed by atoms with Crippen LogP contribution >= 0.6 is 45.2 Å². The van der Waals surface area contributed by atoms with Gasteiger partial charge in [-0.3, -0.25) is 0 Å². The average molecular weight is 282 g/mol. The maximum atomic E-state index is 6.56. The molecule has 1 radical (unpaired) electrons. The summed E-state index contributed by atoms with van der Waals surface area (Å²) in [5.41, 5.74) is 6.56. The molecule has 0 saturated heterocycles. The number of hydrogen-bond acceptors (Lipinski definition) is 0. The van der Waals surface area contributed by atoms with Gasteiger partial charge in [0, 0.05) is 0 Å². The van der Waals surface area contributed by atoms with E-state index in [-0.39, 0.29) is 2.06 Å². The van der Waals surface area contributed by atoms with Gasteiger partial charge >= 0.3 is 0 Å². The Kier molecular flexibility index (Phi) is 3.59. The first kappa shape index (κ1) is 5.42. The lowest BCUT2D eigenvalue weighted by Gasteiger charge is -1.73. The highest BCUT2D eigenvalue weighted by Gasteiger charge is 1.74. The minimum absolute atomic E-state index is 0.0233. The largest absolute Gasteiger partial charge is 0.234 e. The van der Waals surface area contributed by atoms with E-state index < -0.39 is 0 Å². The molecule has 0 fully saturated rings. The molecule has 25 valence electrons. The lowest BCUT2D eigenvalue weighted by molar-refractivity contribution is 1.33. The van der Waals surface area contributed by atoms with E-state index in [1.165, 1.54) is 0 Å². The van der Waals surface area contributed by atoms with E-state index >= 15 is 0 Å². The number of alkyl halides is 2. The van der Waals surface area contributed by atoms with Crippen molar-refractivity contribution < 1.29 is 0 Å². The Morgan fingerprint density at radius 3 is 1.50 bits per heavy atom. The van der Waals surface area contributed by atoms with Gasteiger partial charge in [-0.1, -0.05) is 45.2 Å². The molecule has 0 spiro atoms. The van der Waals surface area contributed by atoms with Crippen LogP contribution in [0.15, 0.2) is 0 Å². The molecular formula is CH2I2N. The van der Waals surface area contributed by atoms with Crippen molar-refractivity contribution >= 4 is 45.2 Å². The summed E-state index contributed by atoms with van der Waals surface area (Å²) in [6.45, 7) is 0. The molecule has 0 atom stereocenters. The van der Waals surface area contributed by atoms with Crippen LogP contribution in [0.4, 0.5) is 0 Å². The maximum Gasteiger partial charge on any atom is 0.124 e. The Labute approximate surface area is 52.6 Å². The molecule has 0 aromatic heterocycles. The average Bonchev–Trinajstić information content (AvgIpc) is 0.811. The third-order valence-electron chi connectivity index (χ3n) is 0. The third kappa shape index (κ3) is 9.93. The molecule has 0 aromatic carbocycles. The molecule has 0 aliphatic heterocycles. The minimum Gasteiger partial charge on any atom is -0.234 e. The van der Waals surface area contributed by atoms with Gasteiger partial charge in [-0.25, -0.2) is 5.73 Å². The van der Waals surface area contributed by atoms with Crippen LogP contribution in [0.1, 0.15) is 0 Å². The topological polar surface area (TPSA) is 23.8 Å². The normalized spacial score (nSPS) is 9.00. The van der Waals surface area contributed by atoms with Crippen molar-refractivity contribution in [2.45, 2.75) is 2.06 Å². The quantitative estimate of drug-likeness (QED) is 0.364. The Hall–Kier alpha value is 1.42. The molecule has 0 rings (SSSR count). The summed E-state index contributed by atoms with van der Waals surface area (Å²) in [5, 5.41) is 0. The van der Waals surface area contributed by atoms with E-state index in [4.69, 9.17) is 5.73 Å². The zero-order chi connectivity index (χ0) is 3.58. The van der Waals surface area contributed by atoms with E-state index in [9.17, 15) is 0 Å². The van der Waals surface area contributed by atoms with Crippen LogP contribution in [0.3, 0.4) is 0 Å². The summed E-state index contributed by atoms with van der Waals surface area (Å²) in [5.74, 6) is 0. The smallest absolute Gasteiger partial charge is 0.124 e. The van der Waals surface area contributed by atoms with Crippen molar-refractivity contribution in [2.75, 3.05) is 0 Å². The first-order valence-corrected chi connectivity index (χ1v) is 3.22. The molecule has 0 bridgehead atoms. The van der Waals surface area contributed by atoms with Crippen LogP contribution in [0.2, 0.25) is 0 Å². The highest BCUT2D eigenvalue weighted by atomic mass is 127. The van der Waals surface area contributed by atoms with E-state index in [1.807, 2.05) is 45.2 Å². The SMILES string of the molecule is [NH]C(I)I. The molecule has 1 N–H and O–H groups in total. The molecular weight excluding hydrogens is 280 g/mol. The predicted octanol–water partition coefficient (Wildman–Crippen LogP) is 1.42. The molecule has 0 amide bonds. The molecule has 0 aliphatic carbocycles. The van der Waals surface area contributed by atoms with Crippen LogP contribution in [0.5, 0.6) is 0 Å². The number of halogens is 2. The fourth-order valence-corrected chi connectivity index (χ4v) is 0. The van der Waals surface area contributed by atoms with E-state index in [2.05, 4.69) is 0 Å². The number of rotatable bonds is 0. The molecule has 3 heteroatoms. The molecule has 0 aromatic rings. The summed E-state index contributed by atoms with van der Waals surface area (Å²) in [7, 11) is 0. The second-order valence-corrected chi connectivity index (χ2v) is 5.18. The first-order valence-electron chi connectivity index (χ1n) is 0.725. The summed E-state index contributed by atoms with van der Waals surface area (Å²) in [4.78, 5) is 0. The van der Waals surface area contributed by atoms with Crippen LogP contribution < -0.4 is 5.73 Å². The Morgan fingerprint density at radius 1 is 1.50 bits per heavy atom. The van der Waals surface area contributed by atoms with Crippen LogP contribution in [-0.2, 0) is 0 Å². The summed E-state index contributed by atoms with van der Waals surface area (Å²) in [6, 6.07) is 0. The van der Waals surface area contributed by atoms with Gasteiger partial charge in [-0.15, -0.1) is 0 Å². The fourth-order valence-electron chi connectivity index (χ4n) is 0. The number of hydrogen-bond donors (Lipinski definition) is 0. The maximum absolute atomic E-state index is 6.56. The van der Waals surface area contributed by atoms with E-state index in [0.717, 1.165) is 0 Å². The van der Waals surface area contributed by atoms with E-state index in [0.29, 0.717) is 0 Å². The zero-order valence-electron chi connectivity index (χ0n) is 1.83. The number of nitrogens with one attached hydrogen (secondary N) is 1. The molecule has 0 unspecified atom stereocenters. The third-order valence-corrected chi connectivity index (χ3v) is 0. The molecule has 4 heavy (non-hydrogen) atoms. The lowest BCUT2D eigenvalue weighted by Crippen LogP contribution is -1.75. The molecule has 0 heterocycles. The standard InChI is InChI=1S/CH2I2N/c2-1(3)4/h1,4H. The van der Waals surface area contributed by atoms with Crippen molar-refractivity contribution in [3.8, 4) is 0 Å². The van der Waals surface area contributed by atoms with Gasteiger partial charge in [0.1, 0.15) is 2.06 Å². The highest BCUT2D eigenvalue weighted by Crippen LogP contribution is 2.00. The summed E-state index contributed by atoms with van der Waals surface area (Å²) < 4.78 is 0.0233. The van der Waals surface area contributed by atoms with Crippen LogP contribution in [0, 0.1) is 0 Å². The van der Waals surface area contributed by atoms with Gasteiger partial charge in [-0.05, 0) is 0 Å². The van der Waals surface area contributed by atoms with Crippen molar-refractivity contribution in [1.29, 1.82) is 0 Å². The minimum atomic E-state index is 0.0233. The van der Waals surface area contributed by atoms with E-state index in [1.54, 1.807) is 0 Å². The van der Waals surface area contributed by atoms with Crippen molar-refractivity contribution in [2.24, 2.45) is 0 Å². The van der Waals surface area contributed by atoms with Gasteiger partial charge in [0.05, 0.1) is 0 Å². The van der Waals surface area contributed by atoms with Crippen molar-refractivity contribution in [3.63, 3.8) is 0 Å². The van der Waals surface area contributed by atoms with Crippen LogP contribution in [-0.4, -0.2) is 2.06 Å². The highest BCUT2D eigenvalue weighted by molar-refractivity contribution is 14.2. The van der Waals surface area contributed by atoms with Gasteiger partial charge in [0.15, 0.2) is 0 Å². The molecule has 0 saturated carbocycles. The second kappa shape index (κ2) is 2.65. The molecule has 1 nitrogen and oxygen atoms in total. The van der Waals surface area contributed by atoms with Crippen LogP contribution in [0.25, 0.3) is 0 Å². The Morgan fingerprint density at radius 2 is 1.50 bits per heavy atom. The summed E-state index contributed by atoms with van der Waals surface area (Å²) in [6.07, 6.45) is 0. The Bertz CT molecular complexity index is 10.8. The first-order chi connectivity index (χ1) is 1.73. The second-order valence-electron chi connectivity index (χ2n) is 0.301. The fraction of sp³-hybridized carbons (Fsp3) is 1.00. The van der Waals surface area contributed by atoms with Crippen molar-refractivity contribution in [3.05, 3.63) is 0 Å².